The largest absolute Gasteiger partial charge is 0.379 e. The van der Waals surface area contributed by atoms with Crippen molar-refractivity contribution in [3.8, 4) is 0 Å². The lowest BCUT2D eigenvalue weighted by Gasteiger charge is -2.26. The molecule has 18 heavy (non-hydrogen) atoms. The number of nitrogens with zero attached hydrogens (tertiary/aromatic N) is 2. The van der Waals surface area contributed by atoms with Crippen molar-refractivity contribution in [2.24, 2.45) is 0 Å². The summed E-state index contributed by atoms with van der Waals surface area (Å²) in [4.78, 5) is 5.93. The van der Waals surface area contributed by atoms with Gasteiger partial charge in [-0.3, -0.25) is 4.90 Å². The fraction of sp³-hybridized carbons (Fsp3) is 0.545. The molecule has 1 aromatic heterocycles. The maximum atomic E-state index is 12.0. The Balaban J connectivity index is 1.96. The minimum absolute atomic E-state index is 0.0711. The molecular weight excluding hydrogens is 276 g/mol. The molecule has 100 valence electrons. The Labute approximate surface area is 112 Å². The fourth-order valence-electron chi connectivity index (χ4n) is 1.72. The summed E-state index contributed by atoms with van der Waals surface area (Å²) in [6.45, 7) is 3.40. The summed E-state index contributed by atoms with van der Waals surface area (Å²) in [6, 6.07) is 2.98. The molecule has 0 aliphatic carbocycles. The van der Waals surface area contributed by atoms with Crippen LogP contribution >= 0.6 is 11.6 Å². The molecule has 0 amide bonds. The van der Waals surface area contributed by atoms with Gasteiger partial charge in [-0.2, -0.15) is 0 Å². The van der Waals surface area contributed by atoms with Gasteiger partial charge in [-0.1, -0.05) is 11.6 Å². The molecule has 5 nitrogen and oxygen atoms in total. The van der Waals surface area contributed by atoms with E-state index in [1.165, 1.54) is 18.3 Å². The summed E-state index contributed by atoms with van der Waals surface area (Å²) in [6.07, 6.45) is 1.35. The van der Waals surface area contributed by atoms with Crippen LogP contribution < -0.4 is 0 Å². The zero-order chi connectivity index (χ0) is 13.0. The molecule has 0 N–H and O–H groups in total. The van der Waals surface area contributed by atoms with E-state index in [4.69, 9.17) is 16.3 Å². The normalized spacial score (nSPS) is 17.8. The van der Waals surface area contributed by atoms with Crippen LogP contribution in [0.1, 0.15) is 0 Å². The van der Waals surface area contributed by atoms with E-state index in [2.05, 4.69) is 9.88 Å². The van der Waals surface area contributed by atoms with E-state index in [-0.39, 0.29) is 10.8 Å². The highest BCUT2D eigenvalue weighted by Crippen LogP contribution is 2.12. The van der Waals surface area contributed by atoms with Gasteiger partial charge in [0.2, 0.25) is 0 Å². The summed E-state index contributed by atoms with van der Waals surface area (Å²) in [7, 11) is -3.33. The summed E-state index contributed by atoms with van der Waals surface area (Å²) < 4.78 is 29.3. The van der Waals surface area contributed by atoms with Crippen molar-refractivity contribution in [2.45, 2.75) is 5.03 Å². The van der Waals surface area contributed by atoms with Gasteiger partial charge in [-0.15, -0.1) is 0 Å². The summed E-state index contributed by atoms with van der Waals surface area (Å²) in [5.41, 5.74) is 0. The predicted octanol–water partition coefficient (Wildman–Crippen LogP) is 0.841. The molecule has 1 fully saturated rings. The number of sulfone groups is 1. The number of halogens is 1. The Kier molecular flexibility index (Phi) is 4.55. The third-order valence-electron chi connectivity index (χ3n) is 2.80. The molecule has 2 heterocycles. The van der Waals surface area contributed by atoms with Crippen LogP contribution in [0.5, 0.6) is 0 Å². The third kappa shape index (κ3) is 3.65. The van der Waals surface area contributed by atoms with Crippen LogP contribution in [0.4, 0.5) is 0 Å². The summed E-state index contributed by atoms with van der Waals surface area (Å²) >= 11 is 5.68. The van der Waals surface area contributed by atoms with Gasteiger partial charge in [0.15, 0.2) is 14.9 Å². The monoisotopic (exact) mass is 290 g/mol. The van der Waals surface area contributed by atoms with Crippen LogP contribution in [0.15, 0.2) is 23.4 Å². The number of aromatic nitrogens is 1. The maximum absolute atomic E-state index is 12.0. The second-order valence-electron chi connectivity index (χ2n) is 4.09. The van der Waals surface area contributed by atoms with E-state index in [0.717, 1.165) is 13.1 Å². The van der Waals surface area contributed by atoms with Crippen LogP contribution in [0.25, 0.3) is 0 Å². The summed E-state index contributed by atoms with van der Waals surface area (Å²) in [5.74, 6) is 0.0711. The second kappa shape index (κ2) is 5.97. The molecule has 7 heteroatoms. The van der Waals surface area contributed by atoms with Crippen LogP contribution in [0.3, 0.4) is 0 Å². The van der Waals surface area contributed by atoms with Crippen LogP contribution in [0.2, 0.25) is 5.02 Å². The Morgan fingerprint density at radius 3 is 2.67 bits per heavy atom. The third-order valence-corrected chi connectivity index (χ3v) is 4.62. The SMILES string of the molecule is O=S(=O)(CCN1CCOCC1)c1ccc(Cl)cn1. The Hall–Kier alpha value is -0.690. The standard InChI is InChI=1S/C11H15ClN2O3S/c12-10-1-2-11(13-9-10)18(15,16)8-5-14-3-6-17-7-4-14/h1-2,9H,3-8H2. The average Bonchev–Trinajstić information content (AvgIpc) is 2.38. The Morgan fingerprint density at radius 1 is 1.33 bits per heavy atom. The van der Waals surface area contributed by atoms with E-state index in [1.807, 2.05) is 0 Å². The van der Waals surface area contributed by atoms with Crippen LogP contribution in [-0.2, 0) is 14.6 Å². The van der Waals surface area contributed by atoms with Gasteiger partial charge in [0, 0.05) is 25.8 Å². The van der Waals surface area contributed by atoms with Crippen molar-refractivity contribution in [3.05, 3.63) is 23.4 Å². The van der Waals surface area contributed by atoms with E-state index < -0.39 is 9.84 Å². The van der Waals surface area contributed by atoms with Crippen molar-refractivity contribution < 1.29 is 13.2 Å². The molecule has 0 atom stereocenters. The molecule has 1 aliphatic rings. The van der Waals surface area contributed by atoms with E-state index >= 15 is 0 Å². The molecule has 0 aromatic carbocycles. The molecule has 0 saturated carbocycles. The second-order valence-corrected chi connectivity index (χ2v) is 6.58. The lowest BCUT2D eigenvalue weighted by molar-refractivity contribution is 0.0408. The van der Waals surface area contributed by atoms with E-state index in [0.29, 0.717) is 24.8 Å². The van der Waals surface area contributed by atoms with E-state index in [1.54, 1.807) is 0 Å². The van der Waals surface area contributed by atoms with E-state index in [9.17, 15) is 8.42 Å². The Bertz CT molecular complexity index is 484. The molecule has 1 aliphatic heterocycles. The minimum atomic E-state index is -3.33. The van der Waals surface area contributed by atoms with Crippen molar-refractivity contribution in [2.75, 3.05) is 38.6 Å². The molecular formula is C11H15ClN2O3S. The quantitative estimate of drug-likeness (QED) is 0.822. The number of pyridine rings is 1. The molecule has 1 aromatic rings. The van der Waals surface area contributed by atoms with Gasteiger partial charge in [0.25, 0.3) is 0 Å². The van der Waals surface area contributed by atoms with Gasteiger partial charge >= 0.3 is 0 Å². The number of rotatable bonds is 4. The first-order valence-corrected chi connectivity index (χ1v) is 7.75. The highest BCUT2D eigenvalue weighted by molar-refractivity contribution is 7.91. The van der Waals surface area contributed by atoms with Gasteiger partial charge in [0.05, 0.1) is 24.0 Å². The molecule has 0 spiro atoms. The van der Waals surface area contributed by atoms with Crippen LogP contribution in [-0.4, -0.2) is 56.9 Å². The molecule has 0 unspecified atom stereocenters. The number of ether oxygens (including phenoxy) is 1. The average molecular weight is 291 g/mol. The van der Waals surface area contributed by atoms with Gasteiger partial charge in [-0.25, -0.2) is 13.4 Å². The topological polar surface area (TPSA) is 59.5 Å². The van der Waals surface area contributed by atoms with Crippen molar-refractivity contribution in [1.82, 2.24) is 9.88 Å². The highest BCUT2D eigenvalue weighted by Gasteiger charge is 2.19. The van der Waals surface area contributed by atoms with Crippen LogP contribution in [0, 0.1) is 0 Å². The predicted molar refractivity (Wildman–Crippen MR) is 68.6 cm³/mol. The summed E-state index contributed by atoms with van der Waals surface area (Å²) in [5, 5.41) is 0.516. The number of hydrogen-bond acceptors (Lipinski definition) is 5. The van der Waals surface area contributed by atoms with Gasteiger partial charge < -0.3 is 4.74 Å². The molecule has 0 radical (unpaired) electrons. The zero-order valence-electron chi connectivity index (χ0n) is 9.88. The molecule has 1 saturated heterocycles. The Morgan fingerprint density at radius 2 is 2.06 bits per heavy atom. The minimum Gasteiger partial charge on any atom is -0.379 e. The molecule has 0 bridgehead atoms. The van der Waals surface area contributed by atoms with Gasteiger partial charge in [-0.05, 0) is 12.1 Å². The zero-order valence-corrected chi connectivity index (χ0v) is 11.5. The van der Waals surface area contributed by atoms with Gasteiger partial charge in [0.1, 0.15) is 0 Å². The fourth-order valence-corrected chi connectivity index (χ4v) is 3.03. The number of hydrogen-bond donors (Lipinski definition) is 0. The van der Waals surface area contributed by atoms with Crippen molar-refractivity contribution >= 4 is 21.4 Å². The lowest BCUT2D eigenvalue weighted by atomic mass is 10.4. The first-order valence-electron chi connectivity index (χ1n) is 5.72. The highest BCUT2D eigenvalue weighted by atomic mass is 35.5. The number of morpholine rings is 1. The van der Waals surface area contributed by atoms with Crippen molar-refractivity contribution in [1.29, 1.82) is 0 Å². The lowest BCUT2D eigenvalue weighted by Crippen LogP contribution is -2.39. The smallest absolute Gasteiger partial charge is 0.196 e. The molecule has 2 rings (SSSR count). The first kappa shape index (κ1) is 13.7. The van der Waals surface area contributed by atoms with Crippen molar-refractivity contribution in [3.63, 3.8) is 0 Å². The first-order chi connectivity index (χ1) is 8.58. The maximum Gasteiger partial charge on any atom is 0.196 e.